The predicted octanol–water partition coefficient (Wildman–Crippen LogP) is 1.29. The summed E-state index contributed by atoms with van der Waals surface area (Å²) in [7, 11) is 0. The van der Waals surface area contributed by atoms with Crippen LogP contribution in [-0.4, -0.2) is 55.9 Å². The number of likely N-dealkylation sites (tertiary alicyclic amines) is 1. The van der Waals surface area contributed by atoms with Crippen molar-refractivity contribution in [2.45, 2.75) is 29.8 Å². The lowest BCUT2D eigenvalue weighted by Gasteiger charge is -2.27. The molecule has 8 nitrogen and oxygen atoms in total. The van der Waals surface area contributed by atoms with E-state index in [2.05, 4.69) is 10.4 Å². The lowest BCUT2D eigenvalue weighted by Crippen LogP contribution is -2.49. The number of rotatable bonds is 6. The molecule has 3 N–H and O–H groups in total. The number of aromatic nitrogens is 2. The molecule has 3 aliphatic rings. The van der Waals surface area contributed by atoms with Gasteiger partial charge in [-0.15, -0.1) is 23.2 Å². The molecule has 10 heteroatoms. The van der Waals surface area contributed by atoms with Crippen molar-refractivity contribution in [3.05, 3.63) is 30.0 Å². The average Bonchev–Trinajstić information content (AvgIpc) is 3.49. The van der Waals surface area contributed by atoms with Crippen LogP contribution in [0, 0.1) is 17.8 Å². The zero-order chi connectivity index (χ0) is 21.2. The van der Waals surface area contributed by atoms with E-state index in [1.54, 1.807) is 23.1 Å². The third-order valence-corrected chi connectivity index (χ3v) is 7.32. The van der Waals surface area contributed by atoms with Gasteiger partial charge in [0.2, 0.25) is 11.8 Å². The molecule has 2 aromatic rings. The maximum atomic E-state index is 13.1. The van der Waals surface area contributed by atoms with E-state index in [-0.39, 0.29) is 35.9 Å². The summed E-state index contributed by atoms with van der Waals surface area (Å²) in [6, 6.07) is 6.64. The van der Waals surface area contributed by atoms with Crippen molar-refractivity contribution < 1.29 is 14.4 Å². The van der Waals surface area contributed by atoms with Crippen LogP contribution < -0.4 is 11.1 Å². The van der Waals surface area contributed by atoms with Gasteiger partial charge >= 0.3 is 0 Å². The Morgan fingerprint density at radius 2 is 2.00 bits per heavy atom. The largest absolute Gasteiger partial charge is 0.364 e. The number of amides is 3. The van der Waals surface area contributed by atoms with Gasteiger partial charge in [0.1, 0.15) is 16.9 Å². The number of halogens is 2. The first-order valence-corrected chi connectivity index (χ1v) is 10.7. The van der Waals surface area contributed by atoms with Gasteiger partial charge in [0.05, 0.1) is 5.52 Å². The molecule has 1 aliphatic heterocycles. The first-order chi connectivity index (χ1) is 14.3. The normalized spacial score (nSPS) is 28.3. The highest BCUT2D eigenvalue weighted by atomic mass is 35.5. The van der Waals surface area contributed by atoms with Crippen LogP contribution in [0.15, 0.2) is 24.3 Å². The summed E-state index contributed by atoms with van der Waals surface area (Å²) in [4.78, 5) is 39.3. The lowest BCUT2D eigenvalue weighted by molar-refractivity contribution is -0.140. The molecule has 0 radical (unpaired) electrons. The Labute approximate surface area is 182 Å². The summed E-state index contributed by atoms with van der Waals surface area (Å²) in [6.07, 6.45) is 1.61. The molecule has 2 saturated carbocycles. The van der Waals surface area contributed by atoms with E-state index >= 15 is 0 Å². The molecule has 3 amide bonds. The minimum atomic E-state index is -0.750. The second kappa shape index (κ2) is 6.85. The van der Waals surface area contributed by atoms with Crippen molar-refractivity contribution >= 4 is 51.8 Å². The highest BCUT2D eigenvalue weighted by molar-refractivity contribution is 6.50. The van der Waals surface area contributed by atoms with Gasteiger partial charge in [0.25, 0.3) is 5.91 Å². The molecule has 2 heterocycles. The summed E-state index contributed by atoms with van der Waals surface area (Å²) < 4.78 is 0.732. The second-order valence-electron chi connectivity index (χ2n) is 8.45. The Hall–Kier alpha value is -2.32. The molecule has 5 rings (SSSR count). The molecule has 0 spiro atoms. The van der Waals surface area contributed by atoms with Crippen molar-refractivity contribution in [2.75, 3.05) is 13.1 Å². The minimum Gasteiger partial charge on any atom is -0.364 e. The maximum Gasteiger partial charge on any atom is 0.269 e. The molecule has 1 saturated heterocycles. The smallest absolute Gasteiger partial charge is 0.269 e. The number of alkyl halides is 2. The Morgan fingerprint density at radius 1 is 1.27 bits per heavy atom. The number of carbonyl (C=O) groups is 3. The van der Waals surface area contributed by atoms with Crippen LogP contribution >= 0.6 is 23.2 Å². The third kappa shape index (κ3) is 3.32. The molecule has 158 valence electrons. The topological polar surface area (TPSA) is 110 Å². The van der Waals surface area contributed by atoms with Crippen LogP contribution in [0.3, 0.4) is 0 Å². The van der Waals surface area contributed by atoms with Crippen molar-refractivity contribution in [3.8, 4) is 0 Å². The molecular weight excluding hydrogens is 429 g/mol. The Kier molecular flexibility index (Phi) is 4.48. The predicted molar refractivity (Wildman–Crippen MR) is 111 cm³/mol. The first kappa shape index (κ1) is 19.6. The number of hydrogen-bond acceptors (Lipinski definition) is 4. The maximum absolute atomic E-state index is 13.1. The zero-order valence-corrected chi connectivity index (χ0v) is 17.6. The van der Waals surface area contributed by atoms with Gasteiger partial charge in [-0.25, -0.2) is 0 Å². The number of primary amides is 1. The van der Waals surface area contributed by atoms with Crippen LogP contribution in [-0.2, 0) is 16.1 Å². The van der Waals surface area contributed by atoms with Crippen LogP contribution in [0.25, 0.3) is 10.9 Å². The number of piperidine rings is 1. The molecule has 4 atom stereocenters. The van der Waals surface area contributed by atoms with Gasteiger partial charge in [-0.2, -0.15) is 5.10 Å². The molecule has 0 bridgehead atoms. The van der Waals surface area contributed by atoms with Gasteiger partial charge < -0.3 is 16.0 Å². The van der Waals surface area contributed by atoms with Gasteiger partial charge in [-0.3, -0.25) is 19.1 Å². The van der Waals surface area contributed by atoms with E-state index in [1.807, 2.05) is 6.07 Å². The number of hydrogen-bond donors (Lipinski definition) is 2. The van der Waals surface area contributed by atoms with Crippen LogP contribution in [0.2, 0.25) is 0 Å². The number of nitrogens with zero attached hydrogens (tertiary/aromatic N) is 3. The Bertz CT molecular complexity index is 1070. The molecule has 1 aromatic carbocycles. The molecular formula is C20H21Cl2N5O3. The van der Waals surface area contributed by atoms with Crippen LogP contribution in [0.5, 0.6) is 0 Å². The SMILES string of the molecule is NC(=O)c1nn(CC(=O)N2C[C@H]3C[C@H]3[C@H]2C(=O)NCC2CC2(Cl)Cl)c2ccccc12. The summed E-state index contributed by atoms with van der Waals surface area (Å²) in [6.45, 7) is 0.904. The fraction of sp³-hybridized carbons (Fsp3) is 0.500. The van der Waals surface area contributed by atoms with Gasteiger partial charge in [0.15, 0.2) is 5.69 Å². The Morgan fingerprint density at radius 3 is 2.70 bits per heavy atom. The van der Waals surface area contributed by atoms with Crippen molar-refractivity contribution in [3.63, 3.8) is 0 Å². The van der Waals surface area contributed by atoms with Gasteiger partial charge in [0, 0.05) is 24.4 Å². The van der Waals surface area contributed by atoms with E-state index in [1.165, 1.54) is 4.68 Å². The van der Waals surface area contributed by atoms with Gasteiger partial charge in [-0.1, -0.05) is 18.2 Å². The number of nitrogens with one attached hydrogen (secondary N) is 1. The second-order valence-corrected chi connectivity index (χ2v) is 9.99. The summed E-state index contributed by atoms with van der Waals surface area (Å²) in [5.41, 5.74) is 6.22. The fourth-order valence-corrected chi connectivity index (χ4v) is 5.05. The highest BCUT2D eigenvalue weighted by Crippen LogP contribution is 2.53. The number of fused-ring (bicyclic) bond motifs is 2. The van der Waals surface area contributed by atoms with Crippen molar-refractivity contribution in [1.29, 1.82) is 0 Å². The fourth-order valence-electron chi connectivity index (χ4n) is 4.53. The van der Waals surface area contributed by atoms with Crippen LogP contribution in [0.1, 0.15) is 23.3 Å². The van der Waals surface area contributed by atoms with E-state index in [4.69, 9.17) is 28.9 Å². The van der Waals surface area contributed by atoms with E-state index in [9.17, 15) is 14.4 Å². The quantitative estimate of drug-likeness (QED) is 0.647. The number of carbonyl (C=O) groups excluding carboxylic acids is 3. The van der Waals surface area contributed by atoms with Gasteiger partial charge in [-0.05, 0) is 30.7 Å². The van der Waals surface area contributed by atoms with E-state index in [0.29, 0.717) is 36.3 Å². The number of para-hydroxylation sites is 1. The molecule has 3 fully saturated rings. The summed E-state index contributed by atoms with van der Waals surface area (Å²) in [5.74, 6) is -0.406. The van der Waals surface area contributed by atoms with E-state index < -0.39 is 16.3 Å². The minimum absolute atomic E-state index is 0.0491. The Balaban J connectivity index is 1.32. The summed E-state index contributed by atoms with van der Waals surface area (Å²) in [5, 5.41) is 7.76. The molecule has 2 aliphatic carbocycles. The zero-order valence-electron chi connectivity index (χ0n) is 16.1. The van der Waals surface area contributed by atoms with Crippen molar-refractivity contribution in [2.24, 2.45) is 23.5 Å². The monoisotopic (exact) mass is 449 g/mol. The number of benzene rings is 1. The van der Waals surface area contributed by atoms with E-state index in [0.717, 1.165) is 6.42 Å². The standard InChI is InChI=1S/C20H21Cl2N5O3/c21-20(22)6-11(20)7-24-19(30)17-13-5-10(13)8-26(17)15(28)9-27-14-4-2-1-3-12(14)16(25-27)18(23)29/h1-4,10-11,13,17H,5-9H2,(H2,23,29)(H,24,30)/t10-,11?,13-,17+/m1/s1. The highest BCUT2D eigenvalue weighted by Gasteiger charge is 2.57. The third-order valence-electron chi connectivity index (χ3n) is 6.39. The number of nitrogens with two attached hydrogens (primary N) is 1. The van der Waals surface area contributed by atoms with Crippen molar-refractivity contribution in [1.82, 2.24) is 20.0 Å². The molecule has 1 unspecified atom stereocenters. The van der Waals surface area contributed by atoms with Crippen LogP contribution in [0.4, 0.5) is 0 Å². The summed E-state index contributed by atoms with van der Waals surface area (Å²) >= 11 is 12.1. The average molecular weight is 450 g/mol. The lowest BCUT2D eigenvalue weighted by atomic mass is 10.1. The molecule has 30 heavy (non-hydrogen) atoms. The first-order valence-electron chi connectivity index (χ1n) is 9.96. The molecule has 1 aromatic heterocycles.